The van der Waals surface area contributed by atoms with Gasteiger partial charge in [0.05, 0.1) is 14.9 Å². The highest BCUT2D eigenvalue weighted by Gasteiger charge is 2.28. The first-order chi connectivity index (χ1) is 10.6. The number of thiophene rings is 1. The third-order valence-corrected chi connectivity index (χ3v) is 6.62. The van der Waals surface area contributed by atoms with Crippen molar-refractivity contribution in [1.29, 1.82) is 0 Å². The summed E-state index contributed by atoms with van der Waals surface area (Å²) in [6.45, 7) is 2.50. The van der Waals surface area contributed by atoms with E-state index >= 15 is 0 Å². The van der Waals surface area contributed by atoms with Gasteiger partial charge in [0.25, 0.3) is 5.91 Å². The van der Waals surface area contributed by atoms with Gasteiger partial charge in [-0.1, -0.05) is 18.0 Å². The second-order valence-electron chi connectivity index (χ2n) is 5.54. The van der Waals surface area contributed by atoms with Crippen LogP contribution >= 0.6 is 46.7 Å². The number of nitrogens with one attached hydrogen (secondary N) is 1. The molecule has 2 heterocycles. The molecule has 0 saturated heterocycles. The zero-order valence-electron chi connectivity index (χ0n) is 12.7. The molecule has 0 spiro atoms. The van der Waals surface area contributed by atoms with Crippen molar-refractivity contribution in [2.24, 2.45) is 11.7 Å². The van der Waals surface area contributed by atoms with Gasteiger partial charge < -0.3 is 11.1 Å². The molecule has 0 bridgehead atoms. The molecule has 1 aliphatic carbocycles. The van der Waals surface area contributed by atoms with Crippen LogP contribution in [0.1, 0.15) is 34.6 Å². The fraction of sp³-hybridized carbons (Fsp3) is 0.467. The third kappa shape index (κ3) is 4.06. The molecule has 0 aliphatic heterocycles. The van der Waals surface area contributed by atoms with Crippen LogP contribution in [0.5, 0.6) is 0 Å². The predicted molar refractivity (Wildman–Crippen MR) is 100 cm³/mol. The molecular weight excluding hydrogens is 373 g/mol. The Morgan fingerprint density at radius 3 is 2.87 bits per heavy atom. The Labute approximate surface area is 154 Å². The number of hydrogen-bond acceptors (Lipinski definition) is 5. The van der Waals surface area contributed by atoms with Crippen LogP contribution in [0.25, 0.3) is 9.88 Å². The van der Waals surface area contributed by atoms with Gasteiger partial charge in [-0.15, -0.1) is 35.1 Å². The van der Waals surface area contributed by atoms with Crippen molar-refractivity contribution in [2.45, 2.75) is 32.2 Å². The average Bonchev–Trinajstić information content (AvgIpc) is 3.18. The Bertz CT molecular complexity index is 686. The number of carbonyl (C=O) groups excluding carboxylic acids is 1. The number of hydrogen-bond donors (Lipinski definition) is 2. The molecule has 0 aromatic carbocycles. The molecule has 2 aromatic heterocycles. The maximum Gasteiger partial charge on any atom is 0.263 e. The first kappa shape index (κ1) is 18.7. The topological polar surface area (TPSA) is 68.0 Å². The normalized spacial score (nSPS) is 20.3. The van der Waals surface area contributed by atoms with E-state index in [1.807, 2.05) is 19.1 Å². The second-order valence-corrected chi connectivity index (χ2v) is 8.26. The molecule has 3 N–H and O–H groups in total. The number of nitrogens with two attached hydrogens (primary N) is 1. The highest BCUT2D eigenvalue weighted by atomic mass is 35.5. The van der Waals surface area contributed by atoms with Crippen molar-refractivity contribution >= 4 is 52.6 Å². The minimum atomic E-state index is -0.0331. The van der Waals surface area contributed by atoms with Gasteiger partial charge in [-0.3, -0.25) is 4.79 Å². The average molecular weight is 392 g/mol. The van der Waals surface area contributed by atoms with Gasteiger partial charge in [-0.25, -0.2) is 4.98 Å². The maximum absolute atomic E-state index is 12.5. The van der Waals surface area contributed by atoms with Crippen LogP contribution < -0.4 is 11.1 Å². The minimum Gasteiger partial charge on any atom is -0.348 e. The monoisotopic (exact) mass is 391 g/mol. The van der Waals surface area contributed by atoms with Gasteiger partial charge in [0.1, 0.15) is 9.88 Å². The Hall–Kier alpha value is -0.660. The van der Waals surface area contributed by atoms with Crippen LogP contribution in [0, 0.1) is 12.8 Å². The van der Waals surface area contributed by atoms with Crippen molar-refractivity contribution in [3.63, 3.8) is 0 Å². The molecule has 4 nitrogen and oxygen atoms in total. The summed E-state index contributed by atoms with van der Waals surface area (Å²) in [5, 5.41) is 3.98. The summed E-state index contributed by atoms with van der Waals surface area (Å²) in [4.78, 5) is 18.7. The molecule has 1 fully saturated rings. The third-order valence-electron chi connectivity index (χ3n) is 4.07. The van der Waals surface area contributed by atoms with Crippen LogP contribution in [0.3, 0.4) is 0 Å². The lowest BCUT2D eigenvalue weighted by Crippen LogP contribution is -2.39. The zero-order chi connectivity index (χ0) is 15.7. The number of carbonyl (C=O) groups is 1. The summed E-state index contributed by atoms with van der Waals surface area (Å²) >= 11 is 8.87. The highest BCUT2D eigenvalue weighted by molar-refractivity contribution is 7.24. The molecule has 2 aromatic rings. The van der Waals surface area contributed by atoms with Crippen LogP contribution in [0.4, 0.5) is 0 Å². The summed E-state index contributed by atoms with van der Waals surface area (Å²) in [5.41, 5.74) is 6.55. The molecule has 1 aliphatic rings. The zero-order valence-corrected chi connectivity index (χ0v) is 15.9. The summed E-state index contributed by atoms with van der Waals surface area (Å²) < 4.78 is 0.727. The Morgan fingerprint density at radius 2 is 2.22 bits per heavy atom. The summed E-state index contributed by atoms with van der Waals surface area (Å²) in [5.74, 6) is 0.363. The Balaban J connectivity index is 0.00000192. The van der Waals surface area contributed by atoms with E-state index in [-0.39, 0.29) is 24.4 Å². The van der Waals surface area contributed by atoms with E-state index in [2.05, 4.69) is 10.3 Å². The van der Waals surface area contributed by atoms with E-state index in [4.69, 9.17) is 17.3 Å². The lowest BCUT2D eigenvalue weighted by Gasteiger charge is -2.19. The Kier molecular flexibility index (Phi) is 6.45. The smallest absolute Gasteiger partial charge is 0.263 e. The number of aromatic nitrogens is 1. The lowest BCUT2D eigenvalue weighted by molar-refractivity contribution is 0.0932. The van der Waals surface area contributed by atoms with E-state index in [0.29, 0.717) is 17.3 Å². The van der Waals surface area contributed by atoms with E-state index in [0.717, 1.165) is 39.2 Å². The molecule has 23 heavy (non-hydrogen) atoms. The minimum absolute atomic E-state index is 0. The van der Waals surface area contributed by atoms with Gasteiger partial charge in [-0.2, -0.15) is 0 Å². The maximum atomic E-state index is 12.5. The quantitative estimate of drug-likeness (QED) is 0.823. The lowest BCUT2D eigenvalue weighted by atomic mass is 10.0. The standard InChI is InChI=1S/C15H18ClN3OS2.ClH/c1-8-13(14(20)19-10-4-2-3-9(10)7-17)22-15(18-8)11-5-6-12(16)21-11;/h5-6,9-10H,2-4,7,17H2,1H3,(H,19,20);1H. The molecule has 0 radical (unpaired) electrons. The van der Waals surface area contributed by atoms with E-state index in [1.165, 1.54) is 22.7 Å². The van der Waals surface area contributed by atoms with Crippen molar-refractivity contribution in [3.8, 4) is 9.88 Å². The first-order valence-electron chi connectivity index (χ1n) is 7.32. The largest absolute Gasteiger partial charge is 0.348 e. The van der Waals surface area contributed by atoms with E-state index in [1.54, 1.807) is 0 Å². The molecule has 3 rings (SSSR count). The molecule has 126 valence electrons. The summed E-state index contributed by atoms with van der Waals surface area (Å²) in [6, 6.07) is 3.98. The van der Waals surface area contributed by atoms with Crippen LogP contribution in [0.15, 0.2) is 12.1 Å². The summed E-state index contributed by atoms with van der Waals surface area (Å²) in [7, 11) is 0. The van der Waals surface area contributed by atoms with Crippen molar-refractivity contribution in [3.05, 3.63) is 27.0 Å². The highest BCUT2D eigenvalue weighted by Crippen LogP contribution is 2.35. The first-order valence-corrected chi connectivity index (χ1v) is 9.33. The van der Waals surface area contributed by atoms with Crippen LogP contribution in [-0.4, -0.2) is 23.5 Å². The second kappa shape index (κ2) is 7.94. The van der Waals surface area contributed by atoms with E-state index in [9.17, 15) is 4.79 Å². The van der Waals surface area contributed by atoms with Gasteiger partial charge >= 0.3 is 0 Å². The number of rotatable bonds is 4. The SMILES string of the molecule is Cc1nc(-c2ccc(Cl)s2)sc1C(=O)NC1CCCC1CN.Cl. The van der Waals surface area contributed by atoms with Gasteiger partial charge in [0.2, 0.25) is 0 Å². The molecule has 8 heteroatoms. The van der Waals surface area contributed by atoms with Gasteiger partial charge in [0, 0.05) is 6.04 Å². The number of amides is 1. The Morgan fingerprint density at radius 1 is 1.43 bits per heavy atom. The molecular formula is C15H19Cl2N3OS2. The van der Waals surface area contributed by atoms with E-state index < -0.39 is 0 Å². The molecule has 1 amide bonds. The van der Waals surface area contributed by atoms with Crippen LogP contribution in [-0.2, 0) is 0 Å². The molecule has 2 atom stereocenters. The number of thiazole rings is 1. The number of nitrogens with zero attached hydrogens (tertiary/aromatic N) is 1. The number of halogens is 2. The van der Waals surface area contributed by atoms with Crippen LogP contribution in [0.2, 0.25) is 4.34 Å². The summed E-state index contributed by atoms with van der Waals surface area (Å²) in [6.07, 6.45) is 3.24. The number of aryl methyl sites for hydroxylation is 1. The van der Waals surface area contributed by atoms with Gasteiger partial charge in [-0.05, 0) is 44.4 Å². The fourth-order valence-electron chi connectivity index (χ4n) is 2.88. The predicted octanol–water partition coefficient (Wildman–Crippen LogP) is 4.11. The van der Waals surface area contributed by atoms with Crippen molar-refractivity contribution in [2.75, 3.05) is 6.54 Å². The molecule has 2 unspecified atom stereocenters. The molecule has 1 saturated carbocycles. The fourth-order valence-corrected chi connectivity index (χ4v) is 4.95. The van der Waals surface area contributed by atoms with Crippen molar-refractivity contribution in [1.82, 2.24) is 10.3 Å². The van der Waals surface area contributed by atoms with Crippen molar-refractivity contribution < 1.29 is 4.79 Å². The van der Waals surface area contributed by atoms with Gasteiger partial charge in [0.15, 0.2) is 0 Å².